The van der Waals surface area contributed by atoms with Crippen LogP contribution in [0.5, 0.6) is 5.75 Å². The Balaban J connectivity index is 2.34. The Morgan fingerprint density at radius 3 is 2.89 bits per heavy atom. The number of carbonyl (C=O) groups excluding carboxylic acids is 1. The predicted molar refractivity (Wildman–Crippen MR) is 70.7 cm³/mol. The smallest absolute Gasteiger partial charge is 0.191 e. The number of aromatic nitrogens is 2. The van der Waals surface area contributed by atoms with Crippen molar-refractivity contribution >= 4 is 5.78 Å². The zero-order chi connectivity index (χ0) is 14.0. The second-order valence-electron chi connectivity index (χ2n) is 5.00. The fourth-order valence-electron chi connectivity index (χ4n) is 2.39. The van der Waals surface area contributed by atoms with Gasteiger partial charge in [-0.2, -0.15) is 5.10 Å². The lowest BCUT2D eigenvalue weighted by Gasteiger charge is -2.18. The molecule has 1 saturated heterocycles. The van der Waals surface area contributed by atoms with Gasteiger partial charge in [-0.25, -0.2) is 0 Å². The highest BCUT2D eigenvalue weighted by atomic mass is 16.5. The molecule has 1 aliphatic rings. The summed E-state index contributed by atoms with van der Waals surface area (Å²) in [5, 5.41) is 7.37. The first-order valence-electron chi connectivity index (χ1n) is 6.50. The molecule has 1 aromatic rings. The molecule has 2 unspecified atom stereocenters. The van der Waals surface area contributed by atoms with Crippen molar-refractivity contribution in [2.45, 2.75) is 25.9 Å². The molecule has 0 spiro atoms. The van der Waals surface area contributed by atoms with Crippen LogP contribution in [0.2, 0.25) is 0 Å². The summed E-state index contributed by atoms with van der Waals surface area (Å²) in [5.41, 5.74) is 0.535. The van der Waals surface area contributed by atoms with Crippen molar-refractivity contribution in [3.05, 3.63) is 11.9 Å². The molecule has 0 aromatic carbocycles. The quantitative estimate of drug-likeness (QED) is 0.803. The lowest BCUT2D eigenvalue weighted by molar-refractivity contribution is 0.0876. The monoisotopic (exact) mass is 267 g/mol. The molecule has 1 aliphatic heterocycles. The fourth-order valence-corrected chi connectivity index (χ4v) is 2.39. The molecule has 0 saturated carbocycles. The number of hydrogen-bond donors (Lipinski definition) is 1. The van der Waals surface area contributed by atoms with Crippen LogP contribution in [0.4, 0.5) is 0 Å². The molecule has 6 heteroatoms. The van der Waals surface area contributed by atoms with Crippen molar-refractivity contribution in [2.24, 2.45) is 5.92 Å². The zero-order valence-corrected chi connectivity index (χ0v) is 11.8. The number of methoxy groups -OCH3 is 1. The highest BCUT2D eigenvalue weighted by Gasteiger charge is 2.37. The van der Waals surface area contributed by atoms with Gasteiger partial charge in [-0.3, -0.25) is 9.48 Å². The van der Waals surface area contributed by atoms with Gasteiger partial charge in [0.2, 0.25) is 0 Å². The van der Waals surface area contributed by atoms with Crippen LogP contribution in [0.25, 0.3) is 0 Å². The number of likely N-dealkylation sites (N-methyl/N-ethyl adjacent to an activating group) is 1. The van der Waals surface area contributed by atoms with Crippen LogP contribution in [0.15, 0.2) is 6.20 Å². The third-order valence-electron chi connectivity index (χ3n) is 3.49. The first kappa shape index (κ1) is 14.0. The van der Waals surface area contributed by atoms with E-state index in [9.17, 15) is 4.79 Å². The summed E-state index contributed by atoms with van der Waals surface area (Å²) in [6.45, 7) is 4.98. The van der Waals surface area contributed by atoms with Crippen molar-refractivity contribution in [3.8, 4) is 5.75 Å². The molecule has 2 rings (SSSR count). The molecule has 6 nitrogen and oxygen atoms in total. The first-order chi connectivity index (χ1) is 9.10. The zero-order valence-electron chi connectivity index (χ0n) is 11.8. The van der Waals surface area contributed by atoms with Gasteiger partial charge in [-0.05, 0) is 20.9 Å². The maximum Gasteiger partial charge on any atom is 0.191 e. The van der Waals surface area contributed by atoms with Crippen molar-refractivity contribution in [1.82, 2.24) is 15.1 Å². The normalized spacial score (nSPS) is 23.0. The number of carbonyl (C=O) groups is 1. The molecule has 2 heterocycles. The van der Waals surface area contributed by atoms with Crippen molar-refractivity contribution < 1.29 is 14.3 Å². The Hall–Kier alpha value is -1.40. The summed E-state index contributed by atoms with van der Waals surface area (Å²) in [6, 6.07) is 0.158. The van der Waals surface area contributed by atoms with E-state index in [4.69, 9.17) is 9.47 Å². The molecule has 2 atom stereocenters. The number of nitrogens with zero attached hydrogens (tertiary/aromatic N) is 2. The van der Waals surface area contributed by atoms with E-state index in [0.29, 0.717) is 24.7 Å². The van der Waals surface area contributed by atoms with E-state index in [1.165, 1.54) is 0 Å². The Kier molecular flexibility index (Phi) is 4.21. The van der Waals surface area contributed by atoms with Crippen LogP contribution in [0.3, 0.4) is 0 Å². The van der Waals surface area contributed by atoms with E-state index < -0.39 is 0 Å². The SMILES string of the molecule is CNC1COCC1C(=O)c1c(OC)cnn1C(C)C. The van der Waals surface area contributed by atoms with E-state index in [1.807, 2.05) is 20.9 Å². The van der Waals surface area contributed by atoms with Crippen molar-refractivity contribution in [3.63, 3.8) is 0 Å². The Labute approximate surface area is 113 Å². The predicted octanol–water partition coefficient (Wildman–Crippen LogP) is 0.890. The Morgan fingerprint density at radius 2 is 2.32 bits per heavy atom. The fraction of sp³-hybridized carbons (Fsp3) is 0.692. The first-order valence-corrected chi connectivity index (χ1v) is 6.50. The number of Topliss-reactive ketones (excluding diaryl/α,β-unsaturated/α-hetero) is 1. The van der Waals surface area contributed by atoms with E-state index in [-0.39, 0.29) is 23.8 Å². The number of hydrogen-bond acceptors (Lipinski definition) is 5. The van der Waals surface area contributed by atoms with E-state index in [1.54, 1.807) is 18.0 Å². The minimum absolute atomic E-state index is 0.0277. The minimum Gasteiger partial charge on any atom is -0.493 e. The highest BCUT2D eigenvalue weighted by molar-refractivity contribution is 5.99. The van der Waals surface area contributed by atoms with E-state index in [2.05, 4.69) is 10.4 Å². The Bertz CT molecular complexity index is 456. The van der Waals surface area contributed by atoms with Gasteiger partial charge in [0.15, 0.2) is 11.5 Å². The van der Waals surface area contributed by atoms with E-state index in [0.717, 1.165) is 0 Å². The van der Waals surface area contributed by atoms with Crippen LogP contribution in [-0.2, 0) is 4.74 Å². The molecule has 106 valence electrons. The number of rotatable bonds is 5. The summed E-state index contributed by atoms with van der Waals surface area (Å²) >= 11 is 0. The molecule has 1 aromatic heterocycles. The largest absolute Gasteiger partial charge is 0.493 e. The van der Waals surface area contributed by atoms with Gasteiger partial charge >= 0.3 is 0 Å². The standard InChI is InChI=1S/C13H21N3O3/c1-8(2)16-12(11(18-4)5-15-16)13(17)9-6-19-7-10(9)14-3/h5,8-10,14H,6-7H2,1-4H3. The van der Waals surface area contributed by atoms with Crippen LogP contribution in [0, 0.1) is 5.92 Å². The number of ether oxygens (including phenoxy) is 2. The van der Waals surface area contributed by atoms with Gasteiger partial charge in [0.05, 0.1) is 32.4 Å². The second kappa shape index (κ2) is 5.71. The summed E-state index contributed by atoms with van der Waals surface area (Å²) in [7, 11) is 3.40. The molecule has 0 aliphatic carbocycles. The molecule has 0 radical (unpaired) electrons. The third-order valence-corrected chi connectivity index (χ3v) is 3.49. The Morgan fingerprint density at radius 1 is 1.58 bits per heavy atom. The summed E-state index contributed by atoms with van der Waals surface area (Å²) < 4.78 is 12.4. The number of ketones is 1. The molecule has 1 fully saturated rings. The van der Waals surface area contributed by atoms with E-state index >= 15 is 0 Å². The highest BCUT2D eigenvalue weighted by Crippen LogP contribution is 2.27. The topological polar surface area (TPSA) is 65.4 Å². The van der Waals surface area contributed by atoms with Crippen molar-refractivity contribution in [2.75, 3.05) is 27.4 Å². The van der Waals surface area contributed by atoms with Crippen LogP contribution in [0.1, 0.15) is 30.4 Å². The molecular formula is C13H21N3O3. The molecule has 0 bridgehead atoms. The van der Waals surface area contributed by atoms with Gasteiger partial charge in [-0.1, -0.05) is 0 Å². The van der Waals surface area contributed by atoms with Gasteiger partial charge < -0.3 is 14.8 Å². The maximum absolute atomic E-state index is 12.7. The molecule has 19 heavy (non-hydrogen) atoms. The van der Waals surface area contributed by atoms with Crippen molar-refractivity contribution in [1.29, 1.82) is 0 Å². The lowest BCUT2D eigenvalue weighted by Crippen LogP contribution is -2.38. The van der Waals surface area contributed by atoms with Gasteiger partial charge in [0, 0.05) is 12.1 Å². The summed E-state index contributed by atoms with van der Waals surface area (Å²) in [4.78, 5) is 12.7. The van der Waals surface area contributed by atoms with Crippen LogP contribution in [-0.4, -0.2) is 49.0 Å². The average molecular weight is 267 g/mol. The lowest BCUT2D eigenvalue weighted by atomic mass is 9.96. The van der Waals surface area contributed by atoms with Gasteiger partial charge in [-0.15, -0.1) is 0 Å². The summed E-state index contributed by atoms with van der Waals surface area (Å²) in [6.07, 6.45) is 1.59. The molecule has 0 amide bonds. The molecular weight excluding hydrogens is 246 g/mol. The van der Waals surface area contributed by atoms with Crippen LogP contribution < -0.4 is 10.1 Å². The number of nitrogens with one attached hydrogen (secondary N) is 1. The molecule has 1 N–H and O–H groups in total. The summed E-state index contributed by atoms with van der Waals surface area (Å²) in [5.74, 6) is 0.369. The maximum atomic E-state index is 12.7. The average Bonchev–Trinajstić information content (AvgIpc) is 3.03. The van der Waals surface area contributed by atoms with Gasteiger partial charge in [0.1, 0.15) is 5.69 Å². The third kappa shape index (κ3) is 2.50. The second-order valence-corrected chi connectivity index (χ2v) is 5.00. The van der Waals surface area contributed by atoms with Gasteiger partial charge in [0.25, 0.3) is 0 Å². The minimum atomic E-state index is -0.187. The van der Waals surface area contributed by atoms with Crippen LogP contribution >= 0.6 is 0 Å².